The van der Waals surface area contributed by atoms with Crippen molar-refractivity contribution >= 4 is 17.2 Å². The van der Waals surface area contributed by atoms with Crippen LogP contribution in [0.5, 0.6) is 0 Å². The Morgan fingerprint density at radius 3 is 2.79 bits per heavy atom. The number of thiophene rings is 1. The maximum atomic E-state index is 11.1. The van der Waals surface area contributed by atoms with Gasteiger partial charge < -0.3 is 11.1 Å². The van der Waals surface area contributed by atoms with Crippen molar-refractivity contribution in [2.45, 2.75) is 26.4 Å². The Morgan fingerprint density at radius 2 is 2.21 bits per heavy atom. The van der Waals surface area contributed by atoms with Gasteiger partial charge in [0.2, 0.25) is 5.91 Å². The number of rotatable bonds is 5. The van der Waals surface area contributed by atoms with E-state index in [0.717, 1.165) is 12.1 Å². The molecule has 3 N–H and O–H groups in total. The molecule has 2 aromatic rings. The van der Waals surface area contributed by atoms with E-state index in [1.54, 1.807) is 17.4 Å². The van der Waals surface area contributed by atoms with Crippen molar-refractivity contribution in [1.29, 1.82) is 0 Å². The number of carbonyl (C=O) groups excluding carboxylic acids is 1. The van der Waals surface area contributed by atoms with Crippen LogP contribution in [0.1, 0.15) is 39.3 Å². The number of primary amides is 1. The number of benzene rings is 1. The molecule has 0 saturated heterocycles. The van der Waals surface area contributed by atoms with Gasteiger partial charge >= 0.3 is 0 Å². The minimum absolute atomic E-state index is 0.329. The predicted molar refractivity (Wildman–Crippen MR) is 79.3 cm³/mol. The van der Waals surface area contributed by atoms with E-state index in [4.69, 9.17) is 5.73 Å². The fraction of sp³-hybridized carbons (Fsp3) is 0.267. The van der Waals surface area contributed by atoms with Gasteiger partial charge in [0.1, 0.15) is 0 Å². The molecular formula is C15H18N2OS. The van der Waals surface area contributed by atoms with Gasteiger partial charge in [-0.2, -0.15) is 0 Å². The van der Waals surface area contributed by atoms with Crippen molar-refractivity contribution in [3.63, 3.8) is 0 Å². The molecule has 19 heavy (non-hydrogen) atoms. The van der Waals surface area contributed by atoms with Gasteiger partial charge in [-0.3, -0.25) is 4.79 Å². The van der Waals surface area contributed by atoms with E-state index in [1.807, 2.05) is 19.1 Å². The zero-order valence-electron chi connectivity index (χ0n) is 11.1. The number of nitrogens with two attached hydrogens (primary N) is 1. The van der Waals surface area contributed by atoms with Crippen molar-refractivity contribution < 1.29 is 4.79 Å². The fourth-order valence-electron chi connectivity index (χ4n) is 1.95. The monoisotopic (exact) mass is 274 g/mol. The first-order chi connectivity index (χ1) is 9.08. The molecule has 1 aromatic carbocycles. The van der Waals surface area contributed by atoms with Crippen LogP contribution >= 0.6 is 11.3 Å². The zero-order chi connectivity index (χ0) is 13.8. The van der Waals surface area contributed by atoms with Crippen molar-refractivity contribution in [3.8, 4) is 0 Å². The summed E-state index contributed by atoms with van der Waals surface area (Å²) >= 11 is 1.75. The lowest BCUT2D eigenvalue weighted by atomic mass is 10.0. The highest BCUT2D eigenvalue weighted by Crippen LogP contribution is 2.19. The molecule has 1 aromatic heterocycles. The van der Waals surface area contributed by atoms with Gasteiger partial charge in [-0.05, 0) is 48.6 Å². The van der Waals surface area contributed by atoms with Crippen LogP contribution in [0.25, 0.3) is 0 Å². The Bertz CT molecular complexity index is 564. The van der Waals surface area contributed by atoms with Crippen LogP contribution in [-0.4, -0.2) is 5.91 Å². The lowest BCUT2D eigenvalue weighted by molar-refractivity contribution is 0.1000. The van der Waals surface area contributed by atoms with Crippen LogP contribution in [0.2, 0.25) is 0 Å². The second-order valence-electron chi connectivity index (χ2n) is 4.62. The number of hydrogen-bond donors (Lipinski definition) is 2. The smallest absolute Gasteiger partial charge is 0.248 e. The van der Waals surface area contributed by atoms with E-state index in [-0.39, 0.29) is 5.91 Å². The summed E-state index contributed by atoms with van der Waals surface area (Å²) in [4.78, 5) is 12.4. The molecule has 0 saturated carbocycles. The average molecular weight is 274 g/mol. The van der Waals surface area contributed by atoms with Crippen LogP contribution in [0.4, 0.5) is 0 Å². The molecule has 1 atom stereocenters. The lowest BCUT2D eigenvalue weighted by Crippen LogP contribution is -2.18. The molecule has 1 amide bonds. The quantitative estimate of drug-likeness (QED) is 0.880. The van der Waals surface area contributed by atoms with Crippen molar-refractivity contribution in [1.82, 2.24) is 5.32 Å². The summed E-state index contributed by atoms with van der Waals surface area (Å²) in [6.07, 6.45) is 0. The highest BCUT2D eigenvalue weighted by Gasteiger charge is 2.08. The van der Waals surface area contributed by atoms with Gasteiger partial charge in [-0.15, -0.1) is 11.3 Å². The fourth-order valence-corrected chi connectivity index (χ4v) is 2.71. The van der Waals surface area contributed by atoms with E-state index in [1.165, 1.54) is 10.4 Å². The summed E-state index contributed by atoms with van der Waals surface area (Å²) < 4.78 is 0. The average Bonchev–Trinajstić information content (AvgIpc) is 2.90. The molecular weight excluding hydrogens is 256 g/mol. The summed E-state index contributed by atoms with van der Waals surface area (Å²) in [7, 11) is 0. The molecule has 3 nitrogen and oxygen atoms in total. The molecule has 1 heterocycles. The Hall–Kier alpha value is -1.65. The van der Waals surface area contributed by atoms with E-state index in [9.17, 15) is 4.79 Å². The maximum Gasteiger partial charge on any atom is 0.248 e. The number of carbonyl (C=O) groups is 1. The summed E-state index contributed by atoms with van der Waals surface area (Å²) in [5.41, 5.74) is 8.10. The summed E-state index contributed by atoms with van der Waals surface area (Å²) in [5, 5.41) is 5.57. The molecule has 0 unspecified atom stereocenters. The van der Waals surface area contributed by atoms with Gasteiger partial charge in [-0.1, -0.05) is 12.1 Å². The van der Waals surface area contributed by atoms with E-state index >= 15 is 0 Å². The SMILES string of the molecule is Cc1cc(C(N)=O)ccc1CN[C@H](C)c1cccs1. The number of nitrogens with one attached hydrogen (secondary N) is 1. The Balaban J connectivity index is 2.02. The Morgan fingerprint density at radius 1 is 1.42 bits per heavy atom. The third-order valence-electron chi connectivity index (χ3n) is 3.20. The first-order valence-corrected chi connectivity index (χ1v) is 7.12. The van der Waals surface area contributed by atoms with E-state index in [0.29, 0.717) is 11.6 Å². The van der Waals surface area contributed by atoms with Crippen LogP contribution < -0.4 is 11.1 Å². The van der Waals surface area contributed by atoms with Crippen LogP contribution in [-0.2, 0) is 6.54 Å². The molecule has 0 aliphatic carbocycles. The van der Waals surface area contributed by atoms with Gasteiger partial charge in [-0.25, -0.2) is 0 Å². The van der Waals surface area contributed by atoms with Gasteiger partial charge in [0.25, 0.3) is 0 Å². The third-order valence-corrected chi connectivity index (χ3v) is 4.25. The number of aryl methyl sites for hydroxylation is 1. The van der Waals surface area contributed by atoms with Gasteiger partial charge in [0.15, 0.2) is 0 Å². The van der Waals surface area contributed by atoms with Crippen LogP contribution in [0.3, 0.4) is 0 Å². The number of amides is 1. The highest BCUT2D eigenvalue weighted by molar-refractivity contribution is 7.10. The summed E-state index contributed by atoms with van der Waals surface area (Å²) in [6.45, 7) is 4.93. The molecule has 0 spiro atoms. The first kappa shape index (κ1) is 13.8. The molecule has 0 bridgehead atoms. The maximum absolute atomic E-state index is 11.1. The topological polar surface area (TPSA) is 55.1 Å². The van der Waals surface area contributed by atoms with Crippen molar-refractivity contribution in [2.24, 2.45) is 5.73 Å². The third kappa shape index (κ3) is 3.43. The molecule has 0 fully saturated rings. The number of hydrogen-bond acceptors (Lipinski definition) is 3. The van der Waals surface area contributed by atoms with Gasteiger partial charge in [0.05, 0.1) is 0 Å². The van der Waals surface area contributed by atoms with E-state index in [2.05, 4.69) is 29.8 Å². The summed E-state index contributed by atoms with van der Waals surface area (Å²) in [6, 6.07) is 10.1. The molecule has 2 rings (SSSR count). The minimum Gasteiger partial charge on any atom is -0.366 e. The Labute approximate surface area is 117 Å². The molecule has 0 aliphatic heterocycles. The normalized spacial score (nSPS) is 12.3. The van der Waals surface area contributed by atoms with Crippen molar-refractivity contribution in [3.05, 3.63) is 57.3 Å². The molecule has 100 valence electrons. The van der Waals surface area contributed by atoms with Crippen LogP contribution in [0, 0.1) is 6.92 Å². The standard InChI is InChI=1S/C15H18N2OS/c1-10-8-12(15(16)18)5-6-13(10)9-17-11(2)14-4-3-7-19-14/h3-8,11,17H,9H2,1-2H3,(H2,16,18)/t11-/m1/s1. The van der Waals surface area contributed by atoms with Crippen molar-refractivity contribution in [2.75, 3.05) is 0 Å². The molecule has 0 aliphatic rings. The Kier molecular flexibility index (Phi) is 4.35. The second-order valence-corrected chi connectivity index (χ2v) is 5.60. The van der Waals surface area contributed by atoms with Crippen LogP contribution in [0.15, 0.2) is 35.7 Å². The molecule has 4 heteroatoms. The van der Waals surface area contributed by atoms with Gasteiger partial charge in [0, 0.05) is 23.0 Å². The minimum atomic E-state index is -0.380. The predicted octanol–water partition coefficient (Wildman–Crippen LogP) is 3.01. The highest BCUT2D eigenvalue weighted by atomic mass is 32.1. The second kappa shape index (κ2) is 5.99. The molecule has 0 radical (unpaired) electrons. The van der Waals surface area contributed by atoms with E-state index < -0.39 is 0 Å². The zero-order valence-corrected chi connectivity index (χ0v) is 12.0. The summed E-state index contributed by atoms with van der Waals surface area (Å²) in [5.74, 6) is -0.380. The lowest BCUT2D eigenvalue weighted by Gasteiger charge is -2.14. The largest absolute Gasteiger partial charge is 0.366 e. The first-order valence-electron chi connectivity index (χ1n) is 6.24.